The molecule has 5 nitrogen and oxygen atoms in total. The molecule has 4 N–H and O–H groups in total. The van der Waals surface area contributed by atoms with Gasteiger partial charge in [-0.2, -0.15) is 0 Å². The van der Waals surface area contributed by atoms with Gasteiger partial charge in [-0.15, -0.1) is 0 Å². The summed E-state index contributed by atoms with van der Waals surface area (Å²) in [5, 5.41) is 30.6. The van der Waals surface area contributed by atoms with E-state index in [4.69, 9.17) is 5.11 Å². The third-order valence-corrected chi connectivity index (χ3v) is 2.41. The number of nitrogens with one attached hydrogen (secondary N) is 1. The maximum atomic E-state index is 11.0. The molecule has 0 spiro atoms. The second kappa shape index (κ2) is 5.98. The van der Waals surface area contributed by atoms with Gasteiger partial charge in [-0.3, -0.25) is 0 Å². The minimum absolute atomic E-state index is 0.162. The zero-order valence-corrected chi connectivity index (χ0v) is 9.73. The molecule has 17 heavy (non-hydrogen) atoms. The molecule has 5 heteroatoms. The highest BCUT2D eigenvalue weighted by atomic mass is 16.4. The second-order valence-corrected chi connectivity index (χ2v) is 3.83. The molecule has 1 aromatic carbocycles. The average Bonchev–Trinajstić information content (AvgIpc) is 2.22. The van der Waals surface area contributed by atoms with Crippen molar-refractivity contribution in [3.8, 4) is 11.5 Å². The molecule has 0 aliphatic carbocycles. The number of hydrogen-bond donors (Lipinski definition) is 4. The van der Waals surface area contributed by atoms with Crippen molar-refractivity contribution in [1.82, 2.24) is 0 Å². The first-order valence-electron chi connectivity index (χ1n) is 5.59. The number of aromatic carboxylic acids is 1. The third-order valence-electron chi connectivity index (χ3n) is 2.41. The standard InChI is InChI=1S/C12H17NO4/c1-2-3-4-5-13-9-6-8(14)7-10(15)11(9)12(16)17/h6-7,13-15H,2-5H2,1H3,(H,16,17). The van der Waals surface area contributed by atoms with E-state index in [-0.39, 0.29) is 17.0 Å². The molecule has 94 valence electrons. The topological polar surface area (TPSA) is 89.8 Å². The van der Waals surface area contributed by atoms with Gasteiger partial charge in [-0.1, -0.05) is 19.8 Å². The number of unbranched alkanes of at least 4 members (excludes halogenated alkanes) is 2. The summed E-state index contributed by atoms with van der Waals surface area (Å²) in [6, 6.07) is 2.32. The zero-order valence-electron chi connectivity index (χ0n) is 9.73. The number of benzene rings is 1. The highest BCUT2D eigenvalue weighted by Gasteiger charge is 2.16. The summed E-state index contributed by atoms with van der Waals surface area (Å²) in [7, 11) is 0. The Morgan fingerprint density at radius 2 is 2.00 bits per heavy atom. The molecule has 0 unspecified atom stereocenters. The Bertz CT molecular complexity index is 404. The first-order valence-corrected chi connectivity index (χ1v) is 5.59. The molecule has 0 saturated heterocycles. The van der Waals surface area contributed by atoms with Gasteiger partial charge in [0.05, 0.1) is 5.69 Å². The fourth-order valence-electron chi connectivity index (χ4n) is 1.57. The normalized spacial score (nSPS) is 10.2. The summed E-state index contributed by atoms with van der Waals surface area (Å²) in [6.07, 6.45) is 3.02. The molecule has 0 bridgehead atoms. The Morgan fingerprint density at radius 3 is 2.59 bits per heavy atom. The van der Waals surface area contributed by atoms with Gasteiger partial charge in [0.1, 0.15) is 17.1 Å². The predicted molar refractivity (Wildman–Crippen MR) is 64.7 cm³/mol. The largest absolute Gasteiger partial charge is 0.508 e. The lowest BCUT2D eigenvalue weighted by Gasteiger charge is -2.11. The first-order chi connectivity index (χ1) is 8.06. The summed E-state index contributed by atoms with van der Waals surface area (Å²) in [4.78, 5) is 11.0. The van der Waals surface area contributed by atoms with Gasteiger partial charge in [0.2, 0.25) is 0 Å². The van der Waals surface area contributed by atoms with Crippen LogP contribution in [0.15, 0.2) is 12.1 Å². The maximum absolute atomic E-state index is 11.0. The van der Waals surface area contributed by atoms with Crippen LogP contribution in [0.25, 0.3) is 0 Å². The van der Waals surface area contributed by atoms with Crippen molar-refractivity contribution in [2.75, 3.05) is 11.9 Å². The van der Waals surface area contributed by atoms with Crippen LogP contribution in [0.5, 0.6) is 11.5 Å². The number of carboxylic acids is 1. The smallest absolute Gasteiger partial charge is 0.341 e. The van der Waals surface area contributed by atoms with E-state index < -0.39 is 11.7 Å². The monoisotopic (exact) mass is 239 g/mol. The third kappa shape index (κ3) is 3.55. The van der Waals surface area contributed by atoms with Crippen LogP contribution in [0.3, 0.4) is 0 Å². The predicted octanol–water partition coefficient (Wildman–Crippen LogP) is 2.40. The van der Waals surface area contributed by atoms with Crippen molar-refractivity contribution >= 4 is 11.7 Å². The molecule has 0 heterocycles. The van der Waals surface area contributed by atoms with Gasteiger partial charge in [-0.25, -0.2) is 4.79 Å². The van der Waals surface area contributed by atoms with Gasteiger partial charge in [0.25, 0.3) is 0 Å². The van der Waals surface area contributed by atoms with Gasteiger partial charge in [-0.05, 0) is 6.42 Å². The molecule has 0 aromatic heterocycles. The minimum atomic E-state index is -1.22. The molecule has 1 aromatic rings. The Balaban J connectivity index is 2.85. The maximum Gasteiger partial charge on any atom is 0.341 e. The lowest BCUT2D eigenvalue weighted by atomic mass is 10.1. The van der Waals surface area contributed by atoms with Crippen molar-refractivity contribution in [3.63, 3.8) is 0 Å². The van der Waals surface area contributed by atoms with Crippen molar-refractivity contribution in [1.29, 1.82) is 0 Å². The van der Waals surface area contributed by atoms with Crippen LogP contribution in [-0.4, -0.2) is 27.8 Å². The molecule has 0 saturated carbocycles. The van der Waals surface area contributed by atoms with Crippen LogP contribution in [0.4, 0.5) is 5.69 Å². The second-order valence-electron chi connectivity index (χ2n) is 3.83. The zero-order chi connectivity index (χ0) is 12.8. The number of phenols is 2. The molecule has 0 radical (unpaired) electrons. The summed E-state index contributed by atoms with van der Waals surface area (Å²) in [6.45, 7) is 2.68. The van der Waals surface area contributed by atoms with Crippen molar-refractivity contribution < 1.29 is 20.1 Å². The number of phenolic OH excluding ortho intramolecular Hbond substituents is 1. The summed E-state index contributed by atoms with van der Waals surface area (Å²) < 4.78 is 0. The highest BCUT2D eigenvalue weighted by Crippen LogP contribution is 2.30. The Morgan fingerprint density at radius 1 is 1.29 bits per heavy atom. The van der Waals surface area contributed by atoms with Crippen LogP contribution in [0.1, 0.15) is 36.5 Å². The minimum Gasteiger partial charge on any atom is -0.508 e. The SMILES string of the molecule is CCCCCNc1cc(O)cc(O)c1C(=O)O. The van der Waals surface area contributed by atoms with E-state index in [1.165, 1.54) is 6.07 Å². The summed E-state index contributed by atoms with van der Waals surface area (Å²) in [5.41, 5.74) is 0.0328. The average molecular weight is 239 g/mol. The quantitative estimate of drug-likeness (QED) is 0.572. The number of aromatic hydroxyl groups is 2. The van der Waals surface area contributed by atoms with Crippen LogP contribution in [0.2, 0.25) is 0 Å². The molecule has 0 aliphatic rings. The molecular weight excluding hydrogens is 222 g/mol. The van der Waals surface area contributed by atoms with E-state index in [1.807, 2.05) is 0 Å². The molecular formula is C12H17NO4. The van der Waals surface area contributed by atoms with Crippen LogP contribution >= 0.6 is 0 Å². The number of carboxylic acid groups (broad SMARTS) is 1. The Hall–Kier alpha value is -1.91. The molecule has 0 fully saturated rings. The molecule has 1 rings (SSSR count). The van der Waals surface area contributed by atoms with Gasteiger partial charge >= 0.3 is 5.97 Å². The summed E-state index contributed by atoms with van der Waals surface area (Å²) in [5.74, 6) is -1.82. The number of hydrogen-bond acceptors (Lipinski definition) is 4. The van der Waals surface area contributed by atoms with Gasteiger partial charge in [0.15, 0.2) is 0 Å². The van der Waals surface area contributed by atoms with E-state index >= 15 is 0 Å². The van der Waals surface area contributed by atoms with Crippen molar-refractivity contribution in [2.45, 2.75) is 26.2 Å². The highest BCUT2D eigenvalue weighted by molar-refractivity contribution is 5.97. The molecule has 0 aliphatic heterocycles. The lowest BCUT2D eigenvalue weighted by molar-refractivity contribution is 0.0695. The Labute approximate surface area is 99.7 Å². The first kappa shape index (κ1) is 13.2. The fraction of sp³-hybridized carbons (Fsp3) is 0.417. The van der Waals surface area contributed by atoms with Crippen molar-refractivity contribution in [3.05, 3.63) is 17.7 Å². The van der Waals surface area contributed by atoms with E-state index in [2.05, 4.69) is 12.2 Å². The molecule has 0 atom stereocenters. The van der Waals surface area contributed by atoms with Gasteiger partial charge < -0.3 is 20.6 Å². The lowest BCUT2D eigenvalue weighted by Crippen LogP contribution is -2.08. The van der Waals surface area contributed by atoms with Gasteiger partial charge in [0, 0.05) is 18.7 Å². The van der Waals surface area contributed by atoms with E-state index in [0.29, 0.717) is 6.54 Å². The van der Waals surface area contributed by atoms with E-state index in [1.54, 1.807) is 0 Å². The Kier molecular flexibility index (Phi) is 4.63. The molecule has 0 amide bonds. The van der Waals surface area contributed by atoms with Crippen LogP contribution in [0, 0.1) is 0 Å². The summed E-state index contributed by atoms with van der Waals surface area (Å²) >= 11 is 0. The van der Waals surface area contributed by atoms with Crippen LogP contribution in [-0.2, 0) is 0 Å². The number of rotatable bonds is 6. The van der Waals surface area contributed by atoms with Crippen LogP contribution < -0.4 is 5.32 Å². The van der Waals surface area contributed by atoms with Crippen molar-refractivity contribution in [2.24, 2.45) is 0 Å². The van der Waals surface area contributed by atoms with E-state index in [0.717, 1.165) is 25.3 Å². The fourth-order valence-corrected chi connectivity index (χ4v) is 1.57. The number of anilines is 1. The van der Waals surface area contributed by atoms with E-state index in [9.17, 15) is 15.0 Å². The number of carbonyl (C=O) groups is 1.